The summed E-state index contributed by atoms with van der Waals surface area (Å²) in [7, 11) is 0. The molecule has 1 aromatic heterocycles. The van der Waals surface area contributed by atoms with Crippen LogP contribution < -0.4 is 5.32 Å². The Balaban J connectivity index is 2.10. The van der Waals surface area contributed by atoms with Crippen molar-refractivity contribution in [1.29, 1.82) is 0 Å². The van der Waals surface area contributed by atoms with Gasteiger partial charge in [0.15, 0.2) is 5.82 Å². The van der Waals surface area contributed by atoms with Crippen molar-refractivity contribution < 1.29 is 0 Å². The summed E-state index contributed by atoms with van der Waals surface area (Å²) in [5, 5.41) is 3.37. The molecule has 0 amide bonds. The Kier molecular flexibility index (Phi) is 3.30. The molecule has 2 aromatic rings. The third-order valence-electron chi connectivity index (χ3n) is 3.54. The van der Waals surface area contributed by atoms with Crippen LogP contribution in [0.3, 0.4) is 0 Å². The van der Waals surface area contributed by atoms with Gasteiger partial charge in [-0.1, -0.05) is 37.1 Å². The molecule has 1 aliphatic heterocycles. The zero-order valence-electron chi connectivity index (χ0n) is 11.5. The van der Waals surface area contributed by atoms with E-state index in [1.54, 1.807) is 0 Å². The molecule has 0 saturated carbocycles. The van der Waals surface area contributed by atoms with Crippen molar-refractivity contribution in [3.8, 4) is 11.4 Å². The first-order valence-corrected chi connectivity index (χ1v) is 6.94. The molecule has 0 saturated heterocycles. The van der Waals surface area contributed by atoms with Gasteiger partial charge in [-0.25, -0.2) is 9.97 Å². The number of fused-ring (bicyclic) bond motifs is 1. The van der Waals surface area contributed by atoms with Gasteiger partial charge in [0.2, 0.25) is 0 Å². The topological polar surface area (TPSA) is 37.8 Å². The highest BCUT2D eigenvalue weighted by Gasteiger charge is 2.18. The highest BCUT2D eigenvalue weighted by atomic mass is 15.0. The van der Waals surface area contributed by atoms with Crippen molar-refractivity contribution in [3.63, 3.8) is 0 Å². The molecular weight excluding hydrogens is 234 g/mol. The normalized spacial score (nSPS) is 13.6. The van der Waals surface area contributed by atoms with Crippen LogP contribution in [0.1, 0.15) is 35.9 Å². The number of hydrogen-bond donors (Lipinski definition) is 1. The molecule has 3 nitrogen and oxygen atoms in total. The third kappa shape index (κ3) is 2.38. The van der Waals surface area contributed by atoms with E-state index in [2.05, 4.69) is 43.4 Å². The SMILES string of the molecule is CCCc1nc(-c2cccc(C)c2)nc2c1CNC2. The fourth-order valence-electron chi connectivity index (χ4n) is 2.60. The predicted octanol–water partition coefficient (Wildman–Crippen LogP) is 3.01. The van der Waals surface area contributed by atoms with Gasteiger partial charge in [-0.3, -0.25) is 0 Å². The van der Waals surface area contributed by atoms with Crippen molar-refractivity contribution in [2.24, 2.45) is 0 Å². The molecule has 1 N–H and O–H groups in total. The van der Waals surface area contributed by atoms with Gasteiger partial charge >= 0.3 is 0 Å². The van der Waals surface area contributed by atoms with Gasteiger partial charge in [-0.2, -0.15) is 0 Å². The van der Waals surface area contributed by atoms with Gasteiger partial charge in [0.25, 0.3) is 0 Å². The Morgan fingerprint density at radius 3 is 2.89 bits per heavy atom. The molecule has 0 bridgehead atoms. The Hall–Kier alpha value is -1.74. The molecule has 19 heavy (non-hydrogen) atoms. The second-order valence-electron chi connectivity index (χ2n) is 5.14. The van der Waals surface area contributed by atoms with Crippen LogP contribution in [0.5, 0.6) is 0 Å². The van der Waals surface area contributed by atoms with Crippen LogP contribution >= 0.6 is 0 Å². The molecule has 0 aliphatic carbocycles. The quantitative estimate of drug-likeness (QED) is 0.913. The average molecular weight is 253 g/mol. The monoisotopic (exact) mass is 253 g/mol. The number of aryl methyl sites for hydroxylation is 2. The molecular formula is C16H19N3. The fraction of sp³-hybridized carbons (Fsp3) is 0.375. The minimum absolute atomic E-state index is 0.868. The Morgan fingerprint density at radius 1 is 1.21 bits per heavy atom. The first kappa shape index (κ1) is 12.3. The lowest BCUT2D eigenvalue weighted by Gasteiger charge is -2.09. The first-order valence-electron chi connectivity index (χ1n) is 6.94. The van der Waals surface area contributed by atoms with Crippen LogP contribution in [0, 0.1) is 6.92 Å². The van der Waals surface area contributed by atoms with E-state index < -0.39 is 0 Å². The molecule has 2 heterocycles. The average Bonchev–Trinajstić information content (AvgIpc) is 2.87. The second kappa shape index (κ2) is 5.10. The number of nitrogens with one attached hydrogen (secondary N) is 1. The van der Waals surface area contributed by atoms with Gasteiger partial charge in [0.05, 0.1) is 5.69 Å². The van der Waals surface area contributed by atoms with E-state index in [1.165, 1.54) is 22.5 Å². The van der Waals surface area contributed by atoms with E-state index in [1.807, 2.05) is 0 Å². The van der Waals surface area contributed by atoms with Gasteiger partial charge < -0.3 is 5.32 Å². The largest absolute Gasteiger partial charge is 0.307 e. The second-order valence-corrected chi connectivity index (χ2v) is 5.14. The molecule has 0 unspecified atom stereocenters. The Labute approximate surface area is 114 Å². The zero-order valence-corrected chi connectivity index (χ0v) is 11.5. The molecule has 1 aliphatic rings. The van der Waals surface area contributed by atoms with E-state index in [9.17, 15) is 0 Å². The summed E-state index contributed by atoms with van der Waals surface area (Å²) < 4.78 is 0. The van der Waals surface area contributed by atoms with Crippen molar-refractivity contribution in [2.75, 3.05) is 0 Å². The van der Waals surface area contributed by atoms with Gasteiger partial charge in [-0.15, -0.1) is 0 Å². The van der Waals surface area contributed by atoms with Gasteiger partial charge in [-0.05, 0) is 19.4 Å². The molecule has 98 valence electrons. The lowest BCUT2D eigenvalue weighted by atomic mass is 10.1. The number of nitrogens with zero attached hydrogens (tertiary/aromatic N) is 2. The Morgan fingerprint density at radius 2 is 2.11 bits per heavy atom. The summed E-state index contributed by atoms with van der Waals surface area (Å²) in [5.74, 6) is 0.870. The van der Waals surface area contributed by atoms with E-state index in [0.29, 0.717) is 0 Å². The molecule has 3 rings (SSSR count). The van der Waals surface area contributed by atoms with E-state index in [0.717, 1.165) is 37.3 Å². The zero-order chi connectivity index (χ0) is 13.2. The standard InChI is InChI=1S/C16H19N3/c1-3-5-14-13-9-17-10-15(13)19-16(18-14)12-7-4-6-11(2)8-12/h4,6-8,17H,3,5,9-10H2,1-2H3. The third-order valence-corrected chi connectivity index (χ3v) is 3.54. The molecule has 0 atom stereocenters. The summed E-state index contributed by atoms with van der Waals surface area (Å²) in [4.78, 5) is 9.53. The summed E-state index contributed by atoms with van der Waals surface area (Å²) in [5.41, 5.74) is 6.08. The maximum absolute atomic E-state index is 4.79. The summed E-state index contributed by atoms with van der Waals surface area (Å²) in [6, 6.07) is 8.41. The first-order chi connectivity index (χ1) is 9.28. The van der Waals surface area contributed by atoms with Crippen LogP contribution in [0.2, 0.25) is 0 Å². The minimum Gasteiger partial charge on any atom is -0.307 e. The fourth-order valence-corrected chi connectivity index (χ4v) is 2.60. The molecule has 0 fully saturated rings. The van der Waals surface area contributed by atoms with Gasteiger partial charge in [0, 0.05) is 29.9 Å². The van der Waals surface area contributed by atoms with Crippen LogP contribution in [0.4, 0.5) is 0 Å². The van der Waals surface area contributed by atoms with Crippen LogP contribution in [0.25, 0.3) is 11.4 Å². The number of hydrogen-bond acceptors (Lipinski definition) is 3. The summed E-state index contributed by atoms with van der Waals surface area (Å²) in [6.07, 6.45) is 2.15. The van der Waals surface area contributed by atoms with E-state index in [4.69, 9.17) is 9.97 Å². The summed E-state index contributed by atoms with van der Waals surface area (Å²) >= 11 is 0. The van der Waals surface area contributed by atoms with Crippen molar-refractivity contribution in [1.82, 2.24) is 15.3 Å². The molecule has 3 heteroatoms. The smallest absolute Gasteiger partial charge is 0.159 e. The lowest BCUT2D eigenvalue weighted by Crippen LogP contribution is -2.03. The highest BCUT2D eigenvalue weighted by molar-refractivity contribution is 5.57. The maximum Gasteiger partial charge on any atom is 0.159 e. The van der Waals surface area contributed by atoms with Crippen LogP contribution in [0.15, 0.2) is 24.3 Å². The minimum atomic E-state index is 0.868. The highest BCUT2D eigenvalue weighted by Crippen LogP contribution is 2.23. The van der Waals surface area contributed by atoms with Crippen molar-refractivity contribution >= 4 is 0 Å². The van der Waals surface area contributed by atoms with Crippen LogP contribution in [-0.4, -0.2) is 9.97 Å². The van der Waals surface area contributed by atoms with E-state index >= 15 is 0 Å². The number of benzene rings is 1. The molecule has 1 aromatic carbocycles. The molecule has 0 spiro atoms. The van der Waals surface area contributed by atoms with Crippen molar-refractivity contribution in [2.45, 2.75) is 39.8 Å². The maximum atomic E-state index is 4.79. The van der Waals surface area contributed by atoms with Crippen LogP contribution in [-0.2, 0) is 19.5 Å². The Bertz CT molecular complexity index is 605. The predicted molar refractivity (Wildman–Crippen MR) is 76.7 cm³/mol. The number of rotatable bonds is 3. The van der Waals surface area contributed by atoms with Gasteiger partial charge in [0.1, 0.15) is 0 Å². The van der Waals surface area contributed by atoms with Crippen molar-refractivity contribution in [3.05, 3.63) is 46.8 Å². The lowest BCUT2D eigenvalue weighted by molar-refractivity contribution is 0.753. The van der Waals surface area contributed by atoms with E-state index in [-0.39, 0.29) is 0 Å². The summed E-state index contributed by atoms with van der Waals surface area (Å²) in [6.45, 7) is 6.08. The number of aromatic nitrogens is 2. The molecule has 0 radical (unpaired) electrons.